The van der Waals surface area contributed by atoms with Crippen LogP contribution in [0.4, 0.5) is 14.9 Å². The van der Waals surface area contributed by atoms with Crippen molar-refractivity contribution in [2.75, 3.05) is 5.32 Å². The van der Waals surface area contributed by atoms with E-state index in [1.165, 1.54) is 0 Å². The van der Waals surface area contributed by atoms with Crippen molar-refractivity contribution >= 4 is 29.4 Å². The molecule has 1 amide bonds. The Balaban J connectivity index is 2.04. The van der Waals surface area contributed by atoms with Crippen molar-refractivity contribution in [3.63, 3.8) is 0 Å². The third kappa shape index (κ3) is 3.95. The Labute approximate surface area is 130 Å². The Morgan fingerprint density at radius 2 is 1.91 bits per heavy atom. The normalized spacial score (nSPS) is 10.1. The lowest BCUT2D eigenvalue weighted by molar-refractivity contribution is 0.0691. The van der Waals surface area contributed by atoms with Crippen molar-refractivity contribution in [3.8, 4) is 0 Å². The number of amides is 1. The van der Waals surface area contributed by atoms with Gasteiger partial charge in [-0.3, -0.25) is 5.32 Å². The number of rotatable bonds is 4. The monoisotopic (exact) mass is 323 g/mol. The van der Waals surface area contributed by atoms with Crippen molar-refractivity contribution in [2.24, 2.45) is 0 Å². The minimum Gasteiger partial charge on any atom is -0.478 e. The number of carboxylic acid groups (broad SMARTS) is 1. The van der Waals surface area contributed by atoms with E-state index in [1.54, 1.807) is 24.3 Å². The third-order valence-corrected chi connectivity index (χ3v) is 2.99. The standard InChI is InChI=1S/C15H11ClFNO4/c16-12-7-10(6-11(13(12)17)14(19)20)18-15(21)22-8-9-4-2-1-3-5-9/h1-7H,8H2,(H,18,21)(H,19,20). The number of anilines is 1. The zero-order valence-electron chi connectivity index (χ0n) is 11.2. The Morgan fingerprint density at radius 1 is 1.23 bits per heavy atom. The maximum atomic E-state index is 13.5. The number of carbonyl (C=O) groups is 2. The lowest BCUT2D eigenvalue weighted by Crippen LogP contribution is -2.14. The number of carboxylic acids is 1. The summed E-state index contributed by atoms with van der Waals surface area (Å²) in [5.74, 6) is -2.54. The summed E-state index contributed by atoms with van der Waals surface area (Å²) in [7, 11) is 0. The molecular formula is C15H11ClFNO4. The molecule has 0 heterocycles. The van der Waals surface area contributed by atoms with Crippen LogP contribution in [-0.4, -0.2) is 17.2 Å². The van der Waals surface area contributed by atoms with Crippen LogP contribution < -0.4 is 5.32 Å². The van der Waals surface area contributed by atoms with Crippen LogP contribution in [0.1, 0.15) is 15.9 Å². The van der Waals surface area contributed by atoms with E-state index in [4.69, 9.17) is 21.4 Å². The molecule has 22 heavy (non-hydrogen) atoms. The van der Waals surface area contributed by atoms with Gasteiger partial charge in [0.15, 0.2) is 5.82 Å². The van der Waals surface area contributed by atoms with Gasteiger partial charge in [0.25, 0.3) is 0 Å². The van der Waals surface area contributed by atoms with Crippen LogP contribution in [-0.2, 0) is 11.3 Å². The van der Waals surface area contributed by atoms with Crippen molar-refractivity contribution in [1.29, 1.82) is 0 Å². The van der Waals surface area contributed by atoms with Crippen LogP contribution in [0.2, 0.25) is 5.02 Å². The summed E-state index contributed by atoms with van der Waals surface area (Å²) in [6.45, 7) is 0.0490. The van der Waals surface area contributed by atoms with E-state index in [-0.39, 0.29) is 12.3 Å². The molecule has 114 valence electrons. The molecule has 0 bridgehead atoms. The first-order valence-corrected chi connectivity index (χ1v) is 6.55. The number of halogens is 2. The molecule has 0 aliphatic carbocycles. The fourth-order valence-corrected chi connectivity index (χ4v) is 1.91. The van der Waals surface area contributed by atoms with Gasteiger partial charge < -0.3 is 9.84 Å². The number of nitrogens with one attached hydrogen (secondary N) is 1. The highest BCUT2D eigenvalue weighted by atomic mass is 35.5. The third-order valence-electron chi connectivity index (χ3n) is 2.72. The first kappa shape index (κ1) is 15.8. The van der Waals surface area contributed by atoms with Crippen LogP contribution in [0.5, 0.6) is 0 Å². The molecule has 2 rings (SSSR count). The zero-order valence-corrected chi connectivity index (χ0v) is 11.9. The average molecular weight is 324 g/mol. The highest BCUT2D eigenvalue weighted by molar-refractivity contribution is 6.31. The molecule has 0 aliphatic rings. The molecule has 0 aromatic heterocycles. The number of hydrogen-bond acceptors (Lipinski definition) is 3. The van der Waals surface area contributed by atoms with Gasteiger partial charge in [0.05, 0.1) is 10.6 Å². The Morgan fingerprint density at radius 3 is 2.55 bits per heavy atom. The summed E-state index contributed by atoms with van der Waals surface area (Å²) in [6.07, 6.45) is -0.803. The van der Waals surface area contributed by atoms with E-state index in [2.05, 4.69) is 5.32 Å². The lowest BCUT2D eigenvalue weighted by Gasteiger charge is -2.09. The molecule has 0 unspecified atom stereocenters. The molecule has 2 aromatic carbocycles. The SMILES string of the molecule is O=C(Nc1cc(Cl)c(F)c(C(=O)O)c1)OCc1ccccc1. The quantitative estimate of drug-likeness (QED) is 0.894. The average Bonchev–Trinajstić information content (AvgIpc) is 2.49. The Hall–Kier alpha value is -2.60. The first-order valence-electron chi connectivity index (χ1n) is 6.17. The second-order valence-corrected chi connectivity index (χ2v) is 4.72. The number of hydrogen-bond donors (Lipinski definition) is 2. The summed E-state index contributed by atoms with van der Waals surface area (Å²) >= 11 is 5.59. The van der Waals surface area contributed by atoms with Gasteiger partial charge in [-0.15, -0.1) is 0 Å². The second-order valence-electron chi connectivity index (χ2n) is 4.31. The molecule has 0 aliphatic heterocycles. The van der Waals surface area contributed by atoms with Crippen molar-refractivity contribution in [2.45, 2.75) is 6.61 Å². The zero-order chi connectivity index (χ0) is 16.1. The summed E-state index contributed by atoms with van der Waals surface area (Å²) in [5.41, 5.74) is 0.189. The van der Waals surface area contributed by atoms with Crippen molar-refractivity contribution in [3.05, 3.63) is 64.4 Å². The van der Waals surface area contributed by atoms with E-state index in [0.29, 0.717) is 0 Å². The maximum Gasteiger partial charge on any atom is 0.411 e. The van der Waals surface area contributed by atoms with Crippen LogP contribution in [0.15, 0.2) is 42.5 Å². The molecule has 0 saturated heterocycles. The lowest BCUT2D eigenvalue weighted by atomic mass is 10.2. The van der Waals surface area contributed by atoms with Crippen molar-refractivity contribution < 1.29 is 23.8 Å². The topological polar surface area (TPSA) is 75.6 Å². The first-order chi connectivity index (χ1) is 10.5. The molecule has 2 N–H and O–H groups in total. The molecule has 5 nitrogen and oxygen atoms in total. The fourth-order valence-electron chi connectivity index (χ4n) is 1.69. The predicted molar refractivity (Wildman–Crippen MR) is 78.6 cm³/mol. The van der Waals surface area contributed by atoms with E-state index in [9.17, 15) is 14.0 Å². The smallest absolute Gasteiger partial charge is 0.411 e. The largest absolute Gasteiger partial charge is 0.478 e. The highest BCUT2D eigenvalue weighted by Gasteiger charge is 2.16. The molecule has 0 spiro atoms. The minimum absolute atomic E-state index is 0.0295. The number of carbonyl (C=O) groups excluding carboxylic acids is 1. The number of ether oxygens (including phenoxy) is 1. The van der Waals surface area contributed by atoms with Gasteiger partial charge in [-0.2, -0.15) is 0 Å². The van der Waals surface area contributed by atoms with Crippen LogP contribution in [0.25, 0.3) is 0 Å². The van der Waals surface area contributed by atoms with Gasteiger partial charge in [0.2, 0.25) is 0 Å². The molecule has 7 heteroatoms. The summed E-state index contributed by atoms with van der Waals surface area (Å²) in [6, 6.07) is 11.1. The summed E-state index contributed by atoms with van der Waals surface area (Å²) < 4.78 is 18.5. The van der Waals surface area contributed by atoms with Gasteiger partial charge in [-0.05, 0) is 17.7 Å². The molecule has 0 saturated carbocycles. The van der Waals surface area contributed by atoms with Gasteiger partial charge in [0.1, 0.15) is 6.61 Å². The van der Waals surface area contributed by atoms with E-state index >= 15 is 0 Å². The van der Waals surface area contributed by atoms with E-state index < -0.39 is 28.5 Å². The minimum atomic E-state index is -1.49. The summed E-state index contributed by atoms with van der Waals surface area (Å²) in [4.78, 5) is 22.5. The Kier molecular flexibility index (Phi) is 4.95. The fraction of sp³-hybridized carbons (Fsp3) is 0.0667. The molecule has 2 aromatic rings. The van der Waals surface area contributed by atoms with Crippen molar-refractivity contribution in [1.82, 2.24) is 0 Å². The van der Waals surface area contributed by atoms with E-state index in [0.717, 1.165) is 17.7 Å². The van der Waals surface area contributed by atoms with Crippen LogP contribution in [0, 0.1) is 5.82 Å². The molecular weight excluding hydrogens is 313 g/mol. The number of aromatic carboxylic acids is 1. The molecule has 0 radical (unpaired) electrons. The highest BCUT2D eigenvalue weighted by Crippen LogP contribution is 2.24. The van der Waals surface area contributed by atoms with Crippen LogP contribution >= 0.6 is 11.6 Å². The maximum absolute atomic E-state index is 13.5. The van der Waals surface area contributed by atoms with Gasteiger partial charge in [-0.1, -0.05) is 41.9 Å². The van der Waals surface area contributed by atoms with E-state index in [1.807, 2.05) is 6.07 Å². The van der Waals surface area contributed by atoms with Crippen LogP contribution in [0.3, 0.4) is 0 Å². The van der Waals surface area contributed by atoms with Gasteiger partial charge in [-0.25, -0.2) is 14.0 Å². The van der Waals surface area contributed by atoms with Gasteiger partial charge >= 0.3 is 12.1 Å². The predicted octanol–water partition coefficient (Wildman–Crippen LogP) is 3.93. The molecule has 0 fully saturated rings. The molecule has 0 atom stereocenters. The summed E-state index contributed by atoms with van der Waals surface area (Å²) in [5, 5.41) is 10.8. The number of benzene rings is 2. The second kappa shape index (κ2) is 6.91. The Bertz CT molecular complexity index is 706. The van der Waals surface area contributed by atoms with Gasteiger partial charge in [0, 0.05) is 5.69 Å².